The predicted octanol–water partition coefficient (Wildman–Crippen LogP) is 3.14. The number of carbonyl (C=O) groups is 1. The average molecular weight is 441 g/mol. The molecule has 0 unspecified atom stereocenters. The SMILES string of the molecule is Cc1cc(C(F)F)c2c(C)nn(CC(=O)N(C)Cc3c(Br)cnn3C)c2n1. The van der Waals surface area contributed by atoms with Crippen LogP contribution < -0.4 is 0 Å². The number of amides is 1. The lowest BCUT2D eigenvalue weighted by Crippen LogP contribution is -2.31. The fraction of sp³-hybridized carbons (Fsp3) is 0.412. The van der Waals surface area contributed by atoms with Crippen LogP contribution in [0.3, 0.4) is 0 Å². The zero-order valence-corrected chi connectivity index (χ0v) is 17.0. The molecular weight excluding hydrogens is 422 g/mol. The molecule has 0 saturated carbocycles. The highest BCUT2D eigenvalue weighted by Crippen LogP contribution is 2.30. The summed E-state index contributed by atoms with van der Waals surface area (Å²) in [5, 5.41) is 8.71. The summed E-state index contributed by atoms with van der Waals surface area (Å²) >= 11 is 3.41. The van der Waals surface area contributed by atoms with E-state index in [1.54, 1.807) is 38.8 Å². The van der Waals surface area contributed by atoms with Crippen molar-refractivity contribution in [1.82, 2.24) is 29.4 Å². The molecule has 3 heterocycles. The van der Waals surface area contributed by atoms with E-state index in [2.05, 4.69) is 31.1 Å². The molecule has 0 N–H and O–H groups in total. The Balaban J connectivity index is 1.89. The van der Waals surface area contributed by atoms with Crippen LogP contribution in [0.4, 0.5) is 8.78 Å². The van der Waals surface area contributed by atoms with E-state index in [1.807, 2.05) is 0 Å². The van der Waals surface area contributed by atoms with Gasteiger partial charge in [-0.1, -0.05) is 0 Å². The Morgan fingerprint density at radius 3 is 2.67 bits per heavy atom. The first kappa shape index (κ1) is 19.4. The number of carbonyl (C=O) groups excluding carboxylic acids is 1. The van der Waals surface area contributed by atoms with Gasteiger partial charge in [0.2, 0.25) is 5.91 Å². The van der Waals surface area contributed by atoms with Gasteiger partial charge in [-0.3, -0.25) is 9.48 Å². The summed E-state index contributed by atoms with van der Waals surface area (Å²) in [5.41, 5.74) is 1.92. The lowest BCUT2D eigenvalue weighted by Gasteiger charge is -2.18. The molecule has 0 saturated heterocycles. The number of likely N-dealkylation sites (N-methyl/N-ethyl adjacent to an activating group) is 1. The number of aryl methyl sites for hydroxylation is 3. The number of hydrogen-bond donors (Lipinski definition) is 0. The smallest absolute Gasteiger partial charge is 0.264 e. The van der Waals surface area contributed by atoms with Crippen molar-refractivity contribution in [3.8, 4) is 0 Å². The molecule has 0 aliphatic carbocycles. The second-order valence-electron chi connectivity index (χ2n) is 6.41. The standard InChI is InChI=1S/C17H19BrF2N6O/c1-9-5-11(16(19)20)15-10(2)23-26(17(15)22-9)8-14(27)24(3)7-13-12(18)6-21-25(13)4/h5-6,16H,7-8H2,1-4H3. The molecule has 3 aromatic heterocycles. The lowest BCUT2D eigenvalue weighted by atomic mass is 10.1. The third-order valence-electron chi connectivity index (χ3n) is 4.38. The van der Waals surface area contributed by atoms with E-state index in [0.717, 1.165) is 10.2 Å². The van der Waals surface area contributed by atoms with Gasteiger partial charge in [0.25, 0.3) is 6.43 Å². The molecule has 0 aromatic carbocycles. The maximum absolute atomic E-state index is 13.4. The maximum atomic E-state index is 13.4. The molecule has 0 radical (unpaired) electrons. The molecule has 3 aromatic rings. The van der Waals surface area contributed by atoms with Crippen LogP contribution in [0.5, 0.6) is 0 Å². The number of rotatable bonds is 5. The molecular formula is C17H19BrF2N6O. The zero-order valence-electron chi connectivity index (χ0n) is 15.4. The number of pyridine rings is 1. The van der Waals surface area contributed by atoms with E-state index in [0.29, 0.717) is 29.0 Å². The molecule has 3 rings (SSSR count). The van der Waals surface area contributed by atoms with Crippen LogP contribution in [0.2, 0.25) is 0 Å². The third-order valence-corrected chi connectivity index (χ3v) is 5.04. The van der Waals surface area contributed by atoms with Gasteiger partial charge in [-0.25, -0.2) is 18.4 Å². The van der Waals surface area contributed by atoms with Gasteiger partial charge in [-0.05, 0) is 35.8 Å². The van der Waals surface area contributed by atoms with Crippen LogP contribution in [-0.2, 0) is 24.9 Å². The minimum Gasteiger partial charge on any atom is -0.338 e. The third kappa shape index (κ3) is 3.71. The summed E-state index contributed by atoms with van der Waals surface area (Å²) < 4.78 is 30.7. The topological polar surface area (TPSA) is 68.8 Å². The van der Waals surface area contributed by atoms with Crippen molar-refractivity contribution in [3.63, 3.8) is 0 Å². The van der Waals surface area contributed by atoms with Crippen molar-refractivity contribution in [1.29, 1.82) is 0 Å². The second kappa shape index (κ2) is 7.34. The van der Waals surface area contributed by atoms with Crippen LogP contribution >= 0.6 is 15.9 Å². The molecule has 1 amide bonds. The van der Waals surface area contributed by atoms with Crippen LogP contribution in [0.1, 0.15) is 29.1 Å². The van der Waals surface area contributed by atoms with Gasteiger partial charge >= 0.3 is 0 Å². The number of alkyl halides is 2. The summed E-state index contributed by atoms with van der Waals surface area (Å²) in [6.07, 6.45) is -0.970. The number of fused-ring (bicyclic) bond motifs is 1. The zero-order chi connectivity index (χ0) is 19.9. The Labute approximate surface area is 163 Å². The summed E-state index contributed by atoms with van der Waals surface area (Å²) in [5.74, 6) is -0.214. The van der Waals surface area contributed by atoms with Gasteiger partial charge < -0.3 is 4.90 Å². The second-order valence-corrected chi connectivity index (χ2v) is 7.26. The van der Waals surface area contributed by atoms with Gasteiger partial charge in [0.15, 0.2) is 5.65 Å². The first-order valence-corrected chi connectivity index (χ1v) is 9.01. The molecule has 0 bridgehead atoms. The normalized spacial score (nSPS) is 11.6. The molecule has 0 aliphatic heterocycles. The summed E-state index contributed by atoms with van der Waals surface area (Å²) in [6, 6.07) is 1.36. The van der Waals surface area contributed by atoms with Crippen LogP contribution in [0.15, 0.2) is 16.7 Å². The molecule has 0 aliphatic rings. The van der Waals surface area contributed by atoms with E-state index in [-0.39, 0.29) is 18.0 Å². The Bertz CT molecular complexity index is 993. The number of aromatic nitrogens is 5. The average Bonchev–Trinajstić information content (AvgIpc) is 3.07. The van der Waals surface area contributed by atoms with Crippen molar-refractivity contribution in [2.24, 2.45) is 7.05 Å². The fourth-order valence-corrected chi connectivity index (χ4v) is 3.45. The monoisotopic (exact) mass is 440 g/mol. The Morgan fingerprint density at radius 1 is 1.37 bits per heavy atom. The first-order chi connectivity index (χ1) is 12.7. The van der Waals surface area contributed by atoms with E-state index < -0.39 is 6.43 Å². The number of nitrogens with zero attached hydrogens (tertiary/aromatic N) is 6. The van der Waals surface area contributed by atoms with Gasteiger partial charge in [-0.2, -0.15) is 10.2 Å². The summed E-state index contributed by atoms with van der Waals surface area (Å²) in [6.45, 7) is 3.55. The summed E-state index contributed by atoms with van der Waals surface area (Å²) in [7, 11) is 3.46. The van der Waals surface area contributed by atoms with Crippen molar-refractivity contribution in [2.45, 2.75) is 33.4 Å². The van der Waals surface area contributed by atoms with Gasteiger partial charge in [0, 0.05) is 25.4 Å². The van der Waals surface area contributed by atoms with E-state index in [1.165, 1.54) is 15.6 Å². The fourth-order valence-electron chi connectivity index (χ4n) is 2.98. The number of hydrogen-bond acceptors (Lipinski definition) is 4. The highest BCUT2D eigenvalue weighted by atomic mass is 79.9. The molecule has 10 heteroatoms. The minimum absolute atomic E-state index is 0.0879. The highest BCUT2D eigenvalue weighted by molar-refractivity contribution is 9.10. The summed E-state index contributed by atoms with van der Waals surface area (Å²) in [4.78, 5) is 18.5. The minimum atomic E-state index is -2.63. The Kier molecular flexibility index (Phi) is 5.27. The van der Waals surface area contributed by atoms with Crippen molar-refractivity contribution < 1.29 is 13.6 Å². The highest BCUT2D eigenvalue weighted by Gasteiger charge is 2.22. The predicted molar refractivity (Wildman–Crippen MR) is 99.3 cm³/mol. The van der Waals surface area contributed by atoms with Crippen LogP contribution in [-0.4, -0.2) is 42.4 Å². The lowest BCUT2D eigenvalue weighted by molar-refractivity contribution is -0.131. The first-order valence-electron chi connectivity index (χ1n) is 8.22. The van der Waals surface area contributed by atoms with Crippen LogP contribution in [0, 0.1) is 13.8 Å². The Morgan fingerprint density at radius 2 is 2.07 bits per heavy atom. The van der Waals surface area contributed by atoms with E-state index >= 15 is 0 Å². The van der Waals surface area contributed by atoms with Gasteiger partial charge in [-0.15, -0.1) is 0 Å². The van der Waals surface area contributed by atoms with Crippen molar-refractivity contribution in [2.75, 3.05) is 7.05 Å². The largest absolute Gasteiger partial charge is 0.338 e. The number of halogens is 3. The van der Waals surface area contributed by atoms with Gasteiger partial charge in [0.1, 0.15) is 6.54 Å². The molecule has 27 heavy (non-hydrogen) atoms. The van der Waals surface area contributed by atoms with Crippen LogP contribution in [0.25, 0.3) is 11.0 Å². The van der Waals surface area contributed by atoms with E-state index in [9.17, 15) is 13.6 Å². The molecule has 0 atom stereocenters. The van der Waals surface area contributed by atoms with Crippen molar-refractivity contribution >= 4 is 32.9 Å². The Hall–Kier alpha value is -2.36. The molecule has 144 valence electrons. The quantitative estimate of drug-likeness (QED) is 0.610. The van der Waals surface area contributed by atoms with E-state index in [4.69, 9.17) is 0 Å². The molecule has 0 spiro atoms. The van der Waals surface area contributed by atoms with Gasteiger partial charge in [0.05, 0.1) is 34.0 Å². The molecule has 0 fully saturated rings. The maximum Gasteiger partial charge on any atom is 0.264 e. The van der Waals surface area contributed by atoms with Crippen molar-refractivity contribution in [3.05, 3.63) is 39.4 Å². The molecule has 7 nitrogen and oxygen atoms in total.